The summed E-state index contributed by atoms with van der Waals surface area (Å²) in [6.45, 7) is 0.587. The second-order valence-electron chi connectivity index (χ2n) is 2.59. The topological polar surface area (TPSA) is 38.3 Å². The highest BCUT2D eigenvalue weighted by molar-refractivity contribution is 5.47. The van der Waals surface area contributed by atoms with E-state index >= 15 is 0 Å². The number of ether oxygens (including phenoxy) is 1. The number of nitrogens with one attached hydrogen (secondary N) is 1. The molecule has 0 aliphatic rings. The molecule has 0 unspecified atom stereocenters. The third-order valence-corrected chi connectivity index (χ3v) is 1.78. The number of methoxy groups -OCH3 is 1. The summed E-state index contributed by atoms with van der Waals surface area (Å²) in [5, 5.41) is 2.49. The van der Waals surface area contributed by atoms with E-state index in [1.54, 1.807) is 13.5 Å². The smallest absolute Gasteiger partial charge is 0.309 e. The standard InChI is InChI=1S/C10H12NO2/c1-13-10-5-3-2-4-9(10)6-7-11-8-12/h2-5H,6-7H2,1H3,(H,11,12). The van der Waals surface area contributed by atoms with Crippen molar-refractivity contribution in [3.05, 3.63) is 29.8 Å². The van der Waals surface area contributed by atoms with Crippen LogP contribution in [0.3, 0.4) is 0 Å². The number of para-hydroxylation sites is 1. The van der Waals surface area contributed by atoms with Crippen LogP contribution in [0, 0.1) is 0 Å². The highest BCUT2D eigenvalue weighted by Crippen LogP contribution is 2.16. The first kappa shape index (κ1) is 9.58. The lowest BCUT2D eigenvalue weighted by molar-refractivity contribution is 0.409. The minimum Gasteiger partial charge on any atom is -0.496 e. The maximum atomic E-state index is 9.88. The van der Waals surface area contributed by atoms with Gasteiger partial charge in [-0.15, -0.1) is 0 Å². The Labute approximate surface area is 77.7 Å². The molecule has 0 saturated carbocycles. The van der Waals surface area contributed by atoms with Gasteiger partial charge in [0.2, 0.25) is 0 Å². The maximum Gasteiger partial charge on any atom is 0.309 e. The van der Waals surface area contributed by atoms with Crippen LogP contribution in [0.1, 0.15) is 5.56 Å². The van der Waals surface area contributed by atoms with Gasteiger partial charge in [-0.3, -0.25) is 4.79 Å². The molecule has 0 saturated heterocycles. The first-order valence-corrected chi connectivity index (χ1v) is 4.10. The molecular formula is C10H12NO2. The van der Waals surface area contributed by atoms with E-state index in [9.17, 15) is 4.79 Å². The molecule has 0 fully saturated rings. The normalized spacial score (nSPS) is 9.31. The van der Waals surface area contributed by atoms with Gasteiger partial charge in [-0.05, 0) is 18.1 Å². The molecule has 0 aliphatic heterocycles. The Morgan fingerprint density at radius 3 is 2.92 bits per heavy atom. The van der Waals surface area contributed by atoms with E-state index in [0.29, 0.717) is 6.54 Å². The Morgan fingerprint density at radius 1 is 1.46 bits per heavy atom. The first-order valence-electron chi connectivity index (χ1n) is 4.10. The molecule has 0 heterocycles. The number of benzene rings is 1. The van der Waals surface area contributed by atoms with Crippen molar-refractivity contribution in [2.45, 2.75) is 6.42 Å². The van der Waals surface area contributed by atoms with Crippen LogP contribution in [0.15, 0.2) is 24.3 Å². The molecule has 3 nitrogen and oxygen atoms in total. The van der Waals surface area contributed by atoms with Crippen LogP contribution in [-0.4, -0.2) is 20.1 Å². The van der Waals surface area contributed by atoms with Gasteiger partial charge >= 0.3 is 6.41 Å². The zero-order valence-corrected chi connectivity index (χ0v) is 7.54. The zero-order valence-electron chi connectivity index (χ0n) is 7.54. The quantitative estimate of drug-likeness (QED) is 0.537. The Kier molecular flexibility index (Phi) is 3.82. The molecule has 1 rings (SSSR count). The maximum absolute atomic E-state index is 9.88. The van der Waals surface area contributed by atoms with E-state index in [0.717, 1.165) is 17.7 Å². The second-order valence-corrected chi connectivity index (χ2v) is 2.59. The number of hydrogen-bond donors (Lipinski definition) is 1. The molecule has 0 bridgehead atoms. The van der Waals surface area contributed by atoms with Crippen molar-refractivity contribution in [1.82, 2.24) is 5.32 Å². The minimum absolute atomic E-state index is 0.587. The third-order valence-electron chi connectivity index (χ3n) is 1.78. The first-order chi connectivity index (χ1) is 6.38. The molecule has 1 aromatic carbocycles. The second kappa shape index (κ2) is 5.19. The van der Waals surface area contributed by atoms with Gasteiger partial charge in [0.1, 0.15) is 5.75 Å². The van der Waals surface area contributed by atoms with Gasteiger partial charge in [-0.25, -0.2) is 0 Å². The molecule has 3 heteroatoms. The van der Waals surface area contributed by atoms with E-state index in [-0.39, 0.29) is 0 Å². The van der Waals surface area contributed by atoms with Gasteiger partial charge in [0.05, 0.1) is 7.11 Å². The van der Waals surface area contributed by atoms with Crippen molar-refractivity contribution in [3.63, 3.8) is 0 Å². The van der Waals surface area contributed by atoms with Crippen LogP contribution in [-0.2, 0) is 11.2 Å². The zero-order chi connectivity index (χ0) is 9.52. The third kappa shape index (κ3) is 2.78. The number of amides is 1. The Balaban J connectivity index is 2.58. The summed E-state index contributed by atoms with van der Waals surface area (Å²) in [5.41, 5.74) is 1.09. The van der Waals surface area contributed by atoms with Gasteiger partial charge < -0.3 is 10.1 Å². The summed E-state index contributed by atoms with van der Waals surface area (Å²) in [4.78, 5) is 9.88. The van der Waals surface area contributed by atoms with E-state index in [1.165, 1.54) is 0 Å². The fourth-order valence-electron chi connectivity index (χ4n) is 1.16. The number of hydrogen-bond acceptors (Lipinski definition) is 2. The number of carbonyl (C=O) groups excluding carboxylic acids is 1. The predicted molar refractivity (Wildman–Crippen MR) is 50.4 cm³/mol. The Hall–Kier alpha value is -1.51. The van der Waals surface area contributed by atoms with Crippen LogP contribution in [0.2, 0.25) is 0 Å². The van der Waals surface area contributed by atoms with Crippen molar-refractivity contribution >= 4 is 6.41 Å². The summed E-state index contributed by atoms with van der Waals surface area (Å²) >= 11 is 0. The van der Waals surface area contributed by atoms with Crippen molar-refractivity contribution in [2.75, 3.05) is 13.7 Å². The number of rotatable bonds is 5. The van der Waals surface area contributed by atoms with E-state index in [4.69, 9.17) is 4.74 Å². The summed E-state index contributed by atoms with van der Waals surface area (Å²) in [5.74, 6) is 0.857. The highest BCUT2D eigenvalue weighted by Gasteiger charge is 1.99. The van der Waals surface area contributed by atoms with Crippen LogP contribution in [0.4, 0.5) is 0 Å². The van der Waals surface area contributed by atoms with Crippen molar-refractivity contribution < 1.29 is 9.53 Å². The molecular weight excluding hydrogens is 166 g/mol. The summed E-state index contributed by atoms with van der Waals surface area (Å²) in [6.07, 6.45) is 2.40. The lowest BCUT2D eigenvalue weighted by Crippen LogP contribution is -2.14. The minimum atomic E-state index is 0.587. The molecule has 1 radical (unpaired) electrons. The van der Waals surface area contributed by atoms with E-state index in [1.807, 2.05) is 24.3 Å². The average Bonchev–Trinajstić information content (AvgIpc) is 2.19. The SMILES string of the molecule is COc1ccccc1CCN[C]=O. The van der Waals surface area contributed by atoms with Crippen molar-refractivity contribution in [1.29, 1.82) is 0 Å². The fourth-order valence-corrected chi connectivity index (χ4v) is 1.16. The van der Waals surface area contributed by atoms with Gasteiger partial charge in [0, 0.05) is 6.54 Å². The van der Waals surface area contributed by atoms with Crippen LogP contribution >= 0.6 is 0 Å². The van der Waals surface area contributed by atoms with Crippen LogP contribution in [0.25, 0.3) is 0 Å². The molecule has 69 valence electrons. The van der Waals surface area contributed by atoms with Crippen LogP contribution in [0.5, 0.6) is 5.75 Å². The summed E-state index contributed by atoms with van der Waals surface area (Å²) in [7, 11) is 1.64. The predicted octanol–water partition coefficient (Wildman–Crippen LogP) is 0.894. The lowest BCUT2D eigenvalue weighted by atomic mass is 10.1. The average molecular weight is 178 g/mol. The van der Waals surface area contributed by atoms with Crippen LogP contribution < -0.4 is 10.1 Å². The van der Waals surface area contributed by atoms with Gasteiger partial charge in [0.25, 0.3) is 0 Å². The monoisotopic (exact) mass is 178 g/mol. The van der Waals surface area contributed by atoms with Gasteiger partial charge in [0.15, 0.2) is 0 Å². The molecule has 1 aromatic rings. The summed E-state index contributed by atoms with van der Waals surface area (Å²) in [6, 6.07) is 7.75. The highest BCUT2D eigenvalue weighted by atomic mass is 16.5. The molecule has 0 spiro atoms. The van der Waals surface area contributed by atoms with Crippen molar-refractivity contribution in [3.8, 4) is 5.75 Å². The molecule has 1 amide bonds. The van der Waals surface area contributed by atoms with E-state index in [2.05, 4.69) is 5.32 Å². The molecule has 0 atom stereocenters. The van der Waals surface area contributed by atoms with E-state index < -0.39 is 0 Å². The summed E-state index contributed by atoms with van der Waals surface area (Å²) < 4.78 is 5.15. The Bertz CT molecular complexity index is 273. The van der Waals surface area contributed by atoms with Crippen molar-refractivity contribution in [2.24, 2.45) is 0 Å². The Morgan fingerprint density at radius 2 is 2.23 bits per heavy atom. The molecule has 0 aliphatic carbocycles. The lowest BCUT2D eigenvalue weighted by Gasteiger charge is -2.06. The largest absolute Gasteiger partial charge is 0.496 e. The van der Waals surface area contributed by atoms with Gasteiger partial charge in [-0.1, -0.05) is 18.2 Å². The molecule has 13 heavy (non-hydrogen) atoms. The fraction of sp³-hybridized carbons (Fsp3) is 0.300. The molecule has 1 N–H and O–H groups in total. The van der Waals surface area contributed by atoms with Gasteiger partial charge in [-0.2, -0.15) is 0 Å². The molecule has 0 aromatic heterocycles.